The number of hydrogen-bond donors (Lipinski definition) is 2. The van der Waals surface area contributed by atoms with Crippen molar-refractivity contribution in [2.24, 2.45) is 11.8 Å². The van der Waals surface area contributed by atoms with Gasteiger partial charge in [0.2, 0.25) is 5.91 Å². The highest BCUT2D eigenvalue weighted by atomic mass is 16.4. The number of rotatable bonds is 3. The summed E-state index contributed by atoms with van der Waals surface area (Å²) < 4.78 is 0. The van der Waals surface area contributed by atoms with Crippen LogP contribution in [-0.4, -0.2) is 17.0 Å². The van der Waals surface area contributed by atoms with E-state index in [2.05, 4.69) is 11.4 Å². The van der Waals surface area contributed by atoms with Crippen LogP contribution in [0.15, 0.2) is 30.4 Å². The Morgan fingerprint density at radius 1 is 1.05 bits per heavy atom. The van der Waals surface area contributed by atoms with Crippen molar-refractivity contribution in [3.05, 3.63) is 41.5 Å². The van der Waals surface area contributed by atoms with Gasteiger partial charge >= 0.3 is 5.97 Å². The number of nitrogens with one attached hydrogen (secondary N) is 1. The molecule has 1 aromatic rings. The van der Waals surface area contributed by atoms with E-state index in [1.165, 1.54) is 17.5 Å². The van der Waals surface area contributed by atoms with Crippen LogP contribution in [0.1, 0.15) is 36.8 Å². The number of carbonyl (C=O) groups is 2. The molecule has 0 aliphatic heterocycles. The van der Waals surface area contributed by atoms with Crippen molar-refractivity contribution in [3.63, 3.8) is 0 Å². The van der Waals surface area contributed by atoms with E-state index in [-0.39, 0.29) is 5.91 Å². The number of anilines is 1. The van der Waals surface area contributed by atoms with Crippen LogP contribution < -0.4 is 5.32 Å². The van der Waals surface area contributed by atoms with Crippen LogP contribution in [-0.2, 0) is 22.4 Å². The van der Waals surface area contributed by atoms with E-state index in [9.17, 15) is 14.7 Å². The third-order valence-electron chi connectivity index (χ3n) is 4.74. The Hall–Kier alpha value is -2.10. The molecule has 2 N–H and O–H groups in total. The van der Waals surface area contributed by atoms with Crippen LogP contribution in [0.25, 0.3) is 0 Å². The Kier molecular flexibility index (Phi) is 4.27. The molecule has 2 atom stereocenters. The zero-order valence-electron chi connectivity index (χ0n) is 12.5. The lowest BCUT2D eigenvalue weighted by molar-refractivity contribution is -0.146. The monoisotopic (exact) mass is 299 g/mol. The van der Waals surface area contributed by atoms with Crippen LogP contribution in [0.4, 0.5) is 5.69 Å². The lowest BCUT2D eigenvalue weighted by Gasteiger charge is -2.26. The maximum atomic E-state index is 12.6. The highest BCUT2D eigenvalue weighted by molar-refractivity contribution is 5.96. The topological polar surface area (TPSA) is 66.4 Å². The van der Waals surface area contributed by atoms with E-state index in [0.717, 1.165) is 24.9 Å². The molecule has 4 heteroatoms. The number of carbonyl (C=O) groups excluding carboxylic acids is 1. The average Bonchev–Trinajstić information content (AvgIpc) is 2.55. The zero-order valence-corrected chi connectivity index (χ0v) is 12.5. The van der Waals surface area contributed by atoms with E-state index in [4.69, 9.17) is 0 Å². The number of aryl methyl sites for hydroxylation is 1. The first-order valence-electron chi connectivity index (χ1n) is 7.96. The molecule has 0 heterocycles. The predicted octanol–water partition coefficient (Wildman–Crippen LogP) is 3.17. The fourth-order valence-corrected chi connectivity index (χ4v) is 3.50. The SMILES string of the molecule is O=C(O)C1CC=CCC1C(=O)Nc1cccc2c1CCCC2. The summed E-state index contributed by atoms with van der Waals surface area (Å²) in [5, 5.41) is 12.3. The molecular formula is C18H21NO3. The first kappa shape index (κ1) is 14.8. The fraction of sp³-hybridized carbons (Fsp3) is 0.444. The lowest BCUT2D eigenvalue weighted by atomic mass is 9.82. The van der Waals surface area contributed by atoms with Crippen molar-refractivity contribution in [3.8, 4) is 0 Å². The number of fused-ring (bicyclic) bond motifs is 1. The summed E-state index contributed by atoms with van der Waals surface area (Å²) in [5.41, 5.74) is 3.39. The first-order valence-corrected chi connectivity index (χ1v) is 7.96. The smallest absolute Gasteiger partial charge is 0.307 e. The van der Waals surface area contributed by atoms with Crippen LogP contribution in [0.2, 0.25) is 0 Å². The number of carboxylic acids is 1. The molecule has 22 heavy (non-hydrogen) atoms. The van der Waals surface area contributed by atoms with Gasteiger partial charge in [0.05, 0.1) is 11.8 Å². The van der Waals surface area contributed by atoms with Crippen LogP contribution in [0.5, 0.6) is 0 Å². The van der Waals surface area contributed by atoms with Gasteiger partial charge in [-0.3, -0.25) is 9.59 Å². The summed E-state index contributed by atoms with van der Waals surface area (Å²) in [6.45, 7) is 0. The van der Waals surface area contributed by atoms with E-state index in [1.807, 2.05) is 24.3 Å². The molecule has 0 aromatic heterocycles. The van der Waals surface area contributed by atoms with Gasteiger partial charge in [-0.2, -0.15) is 0 Å². The summed E-state index contributed by atoms with van der Waals surface area (Å²) in [7, 11) is 0. The third kappa shape index (κ3) is 2.91. The molecule has 2 aliphatic rings. The summed E-state index contributed by atoms with van der Waals surface area (Å²) >= 11 is 0. The van der Waals surface area contributed by atoms with Gasteiger partial charge in [-0.15, -0.1) is 0 Å². The quantitative estimate of drug-likeness (QED) is 0.842. The van der Waals surface area contributed by atoms with Crippen molar-refractivity contribution in [2.45, 2.75) is 38.5 Å². The van der Waals surface area contributed by atoms with Gasteiger partial charge in [0.1, 0.15) is 0 Å². The molecule has 3 rings (SSSR count). The molecule has 1 aromatic carbocycles. The standard InChI is InChI=1S/C18H21NO3/c20-17(14-9-3-4-10-15(14)18(21)22)19-16-11-5-7-12-6-1-2-8-13(12)16/h3-5,7,11,14-15H,1-2,6,8-10H2,(H,19,20)(H,21,22). The third-order valence-corrected chi connectivity index (χ3v) is 4.74. The van der Waals surface area contributed by atoms with Crippen molar-refractivity contribution in [1.82, 2.24) is 0 Å². The fourth-order valence-electron chi connectivity index (χ4n) is 3.50. The van der Waals surface area contributed by atoms with Crippen molar-refractivity contribution in [2.75, 3.05) is 5.32 Å². The second kappa shape index (κ2) is 6.34. The number of hydrogen-bond acceptors (Lipinski definition) is 2. The first-order chi connectivity index (χ1) is 10.7. The van der Waals surface area contributed by atoms with Gasteiger partial charge in [0.25, 0.3) is 0 Å². The maximum absolute atomic E-state index is 12.6. The molecule has 2 unspecified atom stereocenters. The molecule has 0 saturated carbocycles. The van der Waals surface area contributed by atoms with Crippen LogP contribution in [0, 0.1) is 11.8 Å². The minimum absolute atomic E-state index is 0.171. The molecular weight excluding hydrogens is 278 g/mol. The molecule has 1 amide bonds. The summed E-state index contributed by atoms with van der Waals surface area (Å²) in [6, 6.07) is 6.01. The Morgan fingerprint density at radius 3 is 2.55 bits per heavy atom. The van der Waals surface area contributed by atoms with Crippen LogP contribution in [0.3, 0.4) is 0 Å². The predicted molar refractivity (Wildman–Crippen MR) is 84.7 cm³/mol. The largest absolute Gasteiger partial charge is 0.481 e. The molecule has 0 saturated heterocycles. The minimum atomic E-state index is -0.889. The number of aliphatic carboxylic acids is 1. The molecule has 0 radical (unpaired) electrons. The second-order valence-corrected chi connectivity index (χ2v) is 6.13. The second-order valence-electron chi connectivity index (χ2n) is 6.13. The number of benzene rings is 1. The molecule has 0 spiro atoms. The van der Waals surface area contributed by atoms with E-state index >= 15 is 0 Å². The minimum Gasteiger partial charge on any atom is -0.481 e. The van der Waals surface area contributed by atoms with Gasteiger partial charge in [0.15, 0.2) is 0 Å². The maximum Gasteiger partial charge on any atom is 0.307 e. The van der Waals surface area contributed by atoms with E-state index < -0.39 is 17.8 Å². The van der Waals surface area contributed by atoms with Gasteiger partial charge in [0, 0.05) is 5.69 Å². The Morgan fingerprint density at radius 2 is 1.77 bits per heavy atom. The van der Waals surface area contributed by atoms with Gasteiger partial charge < -0.3 is 10.4 Å². The number of amides is 1. The molecule has 0 bridgehead atoms. The van der Waals surface area contributed by atoms with Gasteiger partial charge in [-0.05, 0) is 55.7 Å². The highest BCUT2D eigenvalue weighted by Gasteiger charge is 2.34. The molecule has 116 valence electrons. The van der Waals surface area contributed by atoms with Gasteiger partial charge in [-0.25, -0.2) is 0 Å². The van der Waals surface area contributed by atoms with Crippen molar-refractivity contribution >= 4 is 17.6 Å². The Bertz CT molecular complexity index is 621. The summed E-state index contributed by atoms with van der Waals surface area (Å²) in [4.78, 5) is 23.9. The molecule has 0 fully saturated rings. The zero-order chi connectivity index (χ0) is 15.5. The number of allylic oxidation sites excluding steroid dienone is 2. The van der Waals surface area contributed by atoms with Gasteiger partial charge in [-0.1, -0.05) is 24.3 Å². The molecule has 4 nitrogen and oxygen atoms in total. The van der Waals surface area contributed by atoms with E-state index in [0.29, 0.717) is 12.8 Å². The normalized spacial score (nSPS) is 23.6. The average molecular weight is 299 g/mol. The highest BCUT2D eigenvalue weighted by Crippen LogP contribution is 2.31. The van der Waals surface area contributed by atoms with Crippen molar-refractivity contribution < 1.29 is 14.7 Å². The van der Waals surface area contributed by atoms with Crippen molar-refractivity contribution in [1.29, 1.82) is 0 Å². The lowest BCUT2D eigenvalue weighted by Crippen LogP contribution is -2.35. The number of carboxylic acid groups (broad SMARTS) is 1. The Balaban J connectivity index is 1.79. The summed E-state index contributed by atoms with van der Waals surface area (Å²) in [5.74, 6) is -2.17. The Labute approximate surface area is 130 Å². The van der Waals surface area contributed by atoms with E-state index in [1.54, 1.807) is 0 Å². The van der Waals surface area contributed by atoms with Crippen LogP contribution >= 0.6 is 0 Å². The molecule has 2 aliphatic carbocycles. The summed E-state index contributed by atoms with van der Waals surface area (Å²) in [6.07, 6.45) is 9.07.